The largest absolute Gasteiger partial charge is 0.475 e. The molecule has 0 saturated heterocycles. The highest BCUT2D eigenvalue weighted by Crippen LogP contribution is 2.35. The molecule has 0 bridgehead atoms. The second-order valence-electron chi connectivity index (χ2n) is 7.25. The van der Waals surface area contributed by atoms with Gasteiger partial charge in [0.05, 0.1) is 35.4 Å². The molecule has 1 aliphatic heterocycles. The third-order valence-corrected chi connectivity index (χ3v) is 6.72. The monoisotopic (exact) mass is 481 g/mol. The number of carbonyl (C=O) groups excluding carboxylic acids is 1. The van der Waals surface area contributed by atoms with E-state index in [0.717, 1.165) is 28.6 Å². The van der Waals surface area contributed by atoms with Crippen LogP contribution in [0.1, 0.15) is 21.7 Å². The number of aromatic nitrogens is 3. The number of alkyl halides is 3. The molecule has 13 heteroatoms. The van der Waals surface area contributed by atoms with Crippen molar-refractivity contribution in [3.8, 4) is 5.88 Å². The number of benzene rings is 1. The number of nitrogens with zero attached hydrogens (tertiary/aromatic N) is 4. The summed E-state index contributed by atoms with van der Waals surface area (Å²) in [6.45, 7) is 1.51. The highest BCUT2D eigenvalue weighted by molar-refractivity contribution is 7.93. The Morgan fingerprint density at radius 1 is 1.18 bits per heavy atom. The van der Waals surface area contributed by atoms with Crippen molar-refractivity contribution in [3.05, 3.63) is 59.5 Å². The number of hydrogen-bond donors (Lipinski definition) is 1. The third-order valence-electron chi connectivity index (χ3n) is 4.89. The number of amides is 1. The van der Waals surface area contributed by atoms with Crippen LogP contribution in [0.3, 0.4) is 0 Å². The molecule has 1 amide bonds. The molecule has 0 unspecified atom stereocenters. The number of aryl methyl sites for hydroxylation is 2. The van der Waals surface area contributed by atoms with Gasteiger partial charge in [-0.2, -0.15) is 18.3 Å². The van der Waals surface area contributed by atoms with Crippen LogP contribution in [0, 0.1) is 6.92 Å². The van der Waals surface area contributed by atoms with Crippen LogP contribution >= 0.6 is 0 Å². The topological polar surface area (TPSA) is 106 Å². The first-order valence-electron chi connectivity index (χ1n) is 9.61. The van der Waals surface area contributed by atoms with Gasteiger partial charge >= 0.3 is 6.18 Å². The van der Waals surface area contributed by atoms with E-state index in [4.69, 9.17) is 4.74 Å². The van der Waals surface area contributed by atoms with Gasteiger partial charge in [-0.15, -0.1) is 0 Å². The standard InChI is InChI=1S/C20H18F3N5O4S/c1-12-9-16(27(2)26-12)18(29)25-14-10-17-19(24-11-14)32-8-7-28(33(17,30)31)15-5-3-13(4-6-15)20(21,22)23/h3-6,9-11H,7-8H2,1-2H3,(H,25,29). The van der Waals surface area contributed by atoms with E-state index in [-0.39, 0.29) is 41.0 Å². The van der Waals surface area contributed by atoms with Gasteiger partial charge in [0.15, 0.2) is 4.90 Å². The number of nitrogens with one attached hydrogen (secondary N) is 1. The van der Waals surface area contributed by atoms with Gasteiger partial charge in [-0.3, -0.25) is 13.8 Å². The van der Waals surface area contributed by atoms with Crippen LogP contribution in [0.5, 0.6) is 5.88 Å². The van der Waals surface area contributed by atoms with Crippen LogP contribution in [-0.2, 0) is 23.2 Å². The second-order valence-corrected chi connectivity index (χ2v) is 9.08. The maximum absolute atomic E-state index is 13.3. The molecule has 9 nitrogen and oxygen atoms in total. The van der Waals surface area contributed by atoms with E-state index in [2.05, 4.69) is 15.4 Å². The van der Waals surface area contributed by atoms with Gasteiger partial charge in [-0.25, -0.2) is 13.4 Å². The van der Waals surface area contributed by atoms with Crippen molar-refractivity contribution in [1.29, 1.82) is 0 Å². The number of halogens is 3. The van der Waals surface area contributed by atoms with E-state index in [9.17, 15) is 26.4 Å². The van der Waals surface area contributed by atoms with E-state index < -0.39 is 27.7 Å². The number of sulfonamides is 1. The van der Waals surface area contributed by atoms with Gasteiger partial charge in [0.25, 0.3) is 15.9 Å². The van der Waals surface area contributed by atoms with Crippen LogP contribution in [0.2, 0.25) is 0 Å². The second kappa shape index (κ2) is 8.06. The number of pyridine rings is 1. The van der Waals surface area contributed by atoms with Crippen LogP contribution in [0.25, 0.3) is 0 Å². The Labute approximate surface area is 186 Å². The van der Waals surface area contributed by atoms with Crippen molar-refractivity contribution < 1.29 is 31.1 Å². The summed E-state index contributed by atoms with van der Waals surface area (Å²) >= 11 is 0. The van der Waals surface area contributed by atoms with Crippen LogP contribution in [0.15, 0.2) is 47.5 Å². The Morgan fingerprint density at radius 3 is 2.48 bits per heavy atom. The fraction of sp³-hybridized carbons (Fsp3) is 0.250. The van der Waals surface area contributed by atoms with Crippen molar-refractivity contribution >= 4 is 27.3 Å². The molecule has 0 atom stereocenters. The Hall–Kier alpha value is -3.61. The lowest BCUT2D eigenvalue weighted by Gasteiger charge is -2.22. The first-order valence-corrected chi connectivity index (χ1v) is 11.1. The Kier molecular flexibility index (Phi) is 5.52. The SMILES string of the molecule is Cc1cc(C(=O)Nc2cnc3c(c2)S(=O)(=O)N(c2ccc(C(F)(F)F)cc2)CCO3)n(C)n1. The summed E-state index contributed by atoms with van der Waals surface area (Å²) in [5, 5.41) is 6.67. The Bertz CT molecular complexity index is 1320. The number of fused-ring (bicyclic) bond motifs is 1. The molecule has 1 aliphatic rings. The lowest BCUT2D eigenvalue weighted by atomic mass is 10.2. The van der Waals surface area contributed by atoms with Gasteiger partial charge < -0.3 is 10.1 Å². The van der Waals surface area contributed by atoms with Crippen LogP contribution in [-0.4, -0.2) is 42.2 Å². The smallest absolute Gasteiger partial charge is 0.416 e. The van der Waals surface area contributed by atoms with Gasteiger partial charge in [0.2, 0.25) is 5.88 Å². The first kappa shape index (κ1) is 22.6. The zero-order valence-corrected chi connectivity index (χ0v) is 18.2. The average molecular weight is 481 g/mol. The molecule has 0 radical (unpaired) electrons. The molecule has 1 aromatic carbocycles. The molecular weight excluding hydrogens is 463 g/mol. The molecule has 3 aromatic rings. The fourth-order valence-corrected chi connectivity index (χ4v) is 4.92. The molecule has 1 N–H and O–H groups in total. The van der Waals surface area contributed by atoms with Crippen molar-refractivity contribution in [2.45, 2.75) is 18.0 Å². The summed E-state index contributed by atoms with van der Waals surface area (Å²) in [5.41, 5.74) is 0.129. The van der Waals surface area contributed by atoms with Gasteiger partial charge in [-0.05, 0) is 43.3 Å². The van der Waals surface area contributed by atoms with E-state index >= 15 is 0 Å². The summed E-state index contributed by atoms with van der Waals surface area (Å²) in [7, 11) is -2.66. The average Bonchev–Trinajstić information content (AvgIpc) is 3.02. The lowest BCUT2D eigenvalue weighted by molar-refractivity contribution is -0.137. The summed E-state index contributed by atoms with van der Waals surface area (Å²) in [5.74, 6) is -0.690. The summed E-state index contributed by atoms with van der Waals surface area (Å²) in [6, 6.07) is 6.54. The van der Waals surface area contributed by atoms with Crippen molar-refractivity contribution in [3.63, 3.8) is 0 Å². The lowest BCUT2D eigenvalue weighted by Crippen LogP contribution is -2.32. The van der Waals surface area contributed by atoms with Gasteiger partial charge in [-0.1, -0.05) is 0 Å². The normalized spacial score (nSPS) is 15.4. The maximum Gasteiger partial charge on any atom is 0.416 e. The minimum atomic E-state index is -4.55. The number of anilines is 2. The highest BCUT2D eigenvalue weighted by Gasteiger charge is 2.34. The minimum Gasteiger partial charge on any atom is -0.475 e. The summed E-state index contributed by atoms with van der Waals surface area (Å²) < 4.78 is 73.0. The number of carbonyl (C=O) groups is 1. The number of hydrogen-bond acceptors (Lipinski definition) is 6. The number of rotatable bonds is 3. The predicted octanol–water partition coefficient (Wildman–Crippen LogP) is 2.98. The van der Waals surface area contributed by atoms with Crippen molar-refractivity contribution in [2.24, 2.45) is 7.05 Å². The molecule has 0 spiro atoms. The van der Waals surface area contributed by atoms with E-state index in [0.29, 0.717) is 5.69 Å². The van der Waals surface area contributed by atoms with Crippen molar-refractivity contribution in [1.82, 2.24) is 14.8 Å². The first-order chi connectivity index (χ1) is 15.5. The summed E-state index contributed by atoms with van der Waals surface area (Å²) in [4.78, 5) is 16.3. The highest BCUT2D eigenvalue weighted by atomic mass is 32.2. The van der Waals surface area contributed by atoms with E-state index in [1.807, 2.05) is 0 Å². The maximum atomic E-state index is 13.3. The van der Waals surface area contributed by atoms with Crippen LogP contribution in [0.4, 0.5) is 24.5 Å². The molecule has 4 rings (SSSR count). The Morgan fingerprint density at radius 2 is 1.88 bits per heavy atom. The van der Waals surface area contributed by atoms with Gasteiger partial charge in [0.1, 0.15) is 12.3 Å². The zero-order chi connectivity index (χ0) is 24.0. The quantitative estimate of drug-likeness (QED) is 0.617. The summed E-state index contributed by atoms with van der Waals surface area (Å²) in [6.07, 6.45) is -3.29. The predicted molar refractivity (Wildman–Crippen MR) is 112 cm³/mol. The molecule has 0 aliphatic carbocycles. The molecular formula is C20H18F3N5O4S. The molecule has 2 aromatic heterocycles. The van der Waals surface area contributed by atoms with Crippen molar-refractivity contribution in [2.75, 3.05) is 22.8 Å². The van der Waals surface area contributed by atoms with Gasteiger partial charge in [0, 0.05) is 7.05 Å². The molecule has 174 valence electrons. The molecule has 0 saturated carbocycles. The number of ether oxygens (including phenoxy) is 1. The molecule has 33 heavy (non-hydrogen) atoms. The molecule has 0 fully saturated rings. The van der Waals surface area contributed by atoms with E-state index in [1.165, 1.54) is 16.9 Å². The van der Waals surface area contributed by atoms with E-state index in [1.54, 1.807) is 20.0 Å². The minimum absolute atomic E-state index is 0.0410. The van der Waals surface area contributed by atoms with Crippen LogP contribution < -0.4 is 14.4 Å². The Balaban J connectivity index is 1.67. The molecule has 3 heterocycles. The zero-order valence-electron chi connectivity index (χ0n) is 17.4. The third kappa shape index (κ3) is 4.35. The fourth-order valence-electron chi connectivity index (χ4n) is 3.36.